The molecule has 0 saturated carbocycles. The quantitative estimate of drug-likeness (QED) is 0.722. The molecular weight excluding hydrogens is 373 g/mol. The summed E-state index contributed by atoms with van der Waals surface area (Å²) < 4.78 is 68.5. The highest BCUT2D eigenvalue weighted by molar-refractivity contribution is 7.89. The Morgan fingerprint density at radius 2 is 2.00 bits per heavy atom. The maximum atomic E-state index is 12.8. The van der Waals surface area contributed by atoms with Gasteiger partial charge in [-0.15, -0.1) is 0 Å². The van der Waals surface area contributed by atoms with Crippen molar-refractivity contribution in [1.29, 1.82) is 0 Å². The Kier molecular flexibility index (Phi) is 7.02. The average Bonchev–Trinajstić information content (AvgIpc) is 2.46. The van der Waals surface area contributed by atoms with Gasteiger partial charge in [0.05, 0.1) is 28.6 Å². The van der Waals surface area contributed by atoms with E-state index in [0.29, 0.717) is 10.4 Å². The predicted octanol–water partition coefficient (Wildman–Crippen LogP) is 1.74. The number of hydrogen-bond donors (Lipinski definition) is 1. The van der Waals surface area contributed by atoms with Crippen molar-refractivity contribution < 1.29 is 31.1 Å². The van der Waals surface area contributed by atoms with Gasteiger partial charge in [-0.25, -0.2) is 8.42 Å². The van der Waals surface area contributed by atoms with E-state index in [2.05, 4.69) is 5.32 Å². The second-order valence-corrected chi connectivity index (χ2v) is 7.20. The maximum Gasteiger partial charge on any atom is 0.417 e. The van der Waals surface area contributed by atoms with Crippen LogP contribution in [-0.2, 0) is 25.7 Å². The molecule has 0 aromatic heterocycles. The van der Waals surface area contributed by atoms with Crippen LogP contribution in [0.3, 0.4) is 0 Å². The number of likely N-dealkylation sites (N-methyl/N-ethyl adjacent to an activating group) is 1. The second kappa shape index (κ2) is 8.15. The van der Waals surface area contributed by atoms with Gasteiger partial charge in [0.25, 0.3) is 0 Å². The molecule has 1 aromatic rings. The van der Waals surface area contributed by atoms with Gasteiger partial charge in [0.15, 0.2) is 0 Å². The number of nitrogens with one attached hydrogen (secondary N) is 1. The van der Waals surface area contributed by atoms with Crippen LogP contribution < -0.4 is 5.32 Å². The van der Waals surface area contributed by atoms with Crippen molar-refractivity contribution >= 4 is 27.5 Å². The number of sulfonamides is 1. The molecule has 0 aliphatic carbocycles. The molecule has 0 radical (unpaired) electrons. The Bertz CT molecular complexity index is 695. The zero-order chi connectivity index (χ0) is 18.5. The van der Waals surface area contributed by atoms with Crippen molar-refractivity contribution in [3.63, 3.8) is 0 Å². The number of nitrogens with zero attached hydrogens (tertiary/aromatic N) is 1. The van der Waals surface area contributed by atoms with E-state index in [1.807, 2.05) is 0 Å². The van der Waals surface area contributed by atoms with E-state index in [1.54, 1.807) is 0 Å². The van der Waals surface area contributed by atoms with Crippen LogP contribution in [0.2, 0.25) is 5.02 Å². The highest BCUT2D eigenvalue weighted by Gasteiger charge is 2.35. The lowest BCUT2D eigenvalue weighted by Gasteiger charge is -2.18. The number of carbonyl (C=O) groups is 1. The first-order valence-corrected chi connectivity index (χ1v) is 8.40. The Morgan fingerprint density at radius 3 is 2.54 bits per heavy atom. The third-order valence-corrected chi connectivity index (χ3v) is 5.08. The molecule has 6 nitrogen and oxygen atoms in total. The Morgan fingerprint density at radius 1 is 1.38 bits per heavy atom. The van der Waals surface area contributed by atoms with Gasteiger partial charge in [0, 0.05) is 20.7 Å². The van der Waals surface area contributed by atoms with Crippen LogP contribution in [-0.4, -0.2) is 52.5 Å². The topological polar surface area (TPSA) is 75.7 Å². The van der Waals surface area contributed by atoms with E-state index in [9.17, 15) is 26.4 Å². The van der Waals surface area contributed by atoms with Gasteiger partial charge >= 0.3 is 6.18 Å². The number of halogens is 4. The van der Waals surface area contributed by atoms with Crippen LogP contribution in [0, 0.1) is 0 Å². The first-order valence-electron chi connectivity index (χ1n) is 6.59. The first-order chi connectivity index (χ1) is 11.0. The van der Waals surface area contributed by atoms with Crippen LogP contribution in [0.5, 0.6) is 0 Å². The van der Waals surface area contributed by atoms with E-state index in [1.165, 1.54) is 7.11 Å². The molecule has 136 valence electrons. The molecule has 1 aromatic carbocycles. The fraction of sp³-hybridized carbons (Fsp3) is 0.462. The number of alkyl halides is 3. The molecule has 0 bridgehead atoms. The molecule has 0 fully saturated rings. The van der Waals surface area contributed by atoms with Gasteiger partial charge in [-0.1, -0.05) is 11.6 Å². The molecule has 0 aliphatic rings. The Balaban J connectivity index is 2.97. The van der Waals surface area contributed by atoms with E-state index in [0.717, 1.165) is 19.2 Å². The van der Waals surface area contributed by atoms with Gasteiger partial charge in [-0.3, -0.25) is 4.79 Å². The largest absolute Gasteiger partial charge is 0.417 e. The summed E-state index contributed by atoms with van der Waals surface area (Å²) in [6, 6.07) is 2.24. The number of methoxy groups -OCH3 is 1. The normalized spacial score (nSPS) is 12.5. The molecule has 0 aliphatic heterocycles. The van der Waals surface area contributed by atoms with Crippen LogP contribution >= 0.6 is 11.6 Å². The highest BCUT2D eigenvalue weighted by atomic mass is 35.5. The van der Waals surface area contributed by atoms with Gasteiger partial charge in [0.2, 0.25) is 15.9 Å². The summed E-state index contributed by atoms with van der Waals surface area (Å²) in [5.74, 6) is -0.608. The number of benzene rings is 1. The van der Waals surface area contributed by atoms with Crippen molar-refractivity contribution in [3.8, 4) is 0 Å². The third-order valence-electron chi connectivity index (χ3n) is 2.95. The summed E-state index contributed by atoms with van der Waals surface area (Å²) in [5.41, 5.74) is -1.26. The van der Waals surface area contributed by atoms with Crippen molar-refractivity contribution in [2.75, 3.05) is 33.9 Å². The highest BCUT2D eigenvalue weighted by Crippen LogP contribution is 2.36. The van der Waals surface area contributed by atoms with Crippen LogP contribution in [0.25, 0.3) is 0 Å². The van der Waals surface area contributed by atoms with Gasteiger partial charge < -0.3 is 10.1 Å². The van der Waals surface area contributed by atoms with E-state index >= 15 is 0 Å². The number of amides is 1. The summed E-state index contributed by atoms with van der Waals surface area (Å²) in [4.78, 5) is 11.0. The number of ether oxygens (including phenoxy) is 1. The van der Waals surface area contributed by atoms with Crippen LogP contribution in [0.15, 0.2) is 23.1 Å². The summed E-state index contributed by atoms with van der Waals surface area (Å²) >= 11 is 5.46. The fourth-order valence-corrected chi connectivity index (χ4v) is 3.08. The lowest BCUT2D eigenvalue weighted by molar-refractivity contribution is -0.137. The molecule has 0 unspecified atom stereocenters. The van der Waals surface area contributed by atoms with Gasteiger partial charge in [0.1, 0.15) is 0 Å². The standard InChI is InChI=1S/C13H16ClF3N2O4S/c1-19(8-12(20)18-5-6-23-2)24(21,22)9-3-4-11(14)10(7-9)13(15,16)17/h3-4,7H,5-6,8H2,1-2H3,(H,18,20). The zero-order valence-corrected chi connectivity index (χ0v) is 14.4. The molecule has 0 atom stereocenters. The van der Waals surface area contributed by atoms with Crippen LogP contribution in [0.1, 0.15) is 5.56 Å². The first kappa shape index (κ1) is 20.7. The number of rotatable bonds is 7. The molecule has 0 saturated heterocycles. The molecule has 1 N–H and O–H groups in total. The van der Waals surface area contributed by atoms with E-state index in [4.69, 9.17) is 16.3 Å². The summed E-state index contributed by atoms with van der Waals surface area (Å²) in [6.07, 6.45) is -4.79. The summed E-state index contributed by atoms with van der Waals surface area (Å²) in [6.45, 7) is -0.118. The molecule has 11 heteroatoms. The Labute approximate surface area is 142 Å². The fourth-order valence-electron chi connectivity index (χ4n) is 1.70. The van der Waals surface area contributed by atoms with Gasteiger partial charge in [-0.05, 0) is 18.2 Å². The predicted molar refractivity (Wildman–Crippen MR) is 81.2 cm³/mol. The van der Waals surface area contributed by atoms with Crippen LogP contribution in [0.4, 0.5) is 13.2 Å². The van der Waals surface area contributed by atoms with Gasteiger partial charge in [-0.2, -0.15) is 17.5 Å². The van der Waals surface area contributed by atoms with Crippen molar-refractivity contribution in [1.82, 2.24) is 9.62 Å². The molecule has 0 spiro atoms. The number of carbonyl (C=O) groups excluding carboxylic acids is 1. The average molecular weight is 389 g/mol. The zero-order valence-electron chi connectivity index (χ0n) is 12.9. The minimum absolute atomic E-state index is 0.183. The second-order valence-electron chi connectivity index (χ2n) is 4.74. The maximum absolute atomic E-state index is 12.8. The SMILES string of the molecule is COCCNC(=O)CN(C)S(=O)(=O)c1ccc(Cl)c(C(F)(F)F)c1. The Hall–Kier alpha value is -1.36. The van der Waals surface area contributed by atoms with E-state index < -0.39 is 44.1 Å². The van der Waals surface area contributed by atoms with Crippen molar-refractivity contribution in [2.24, 2.45) is 0 Å². The number of hydrogen-bond acceptors (Lipinski definition) is 4. The van der Waals surface area contributed by atoms with E-state index in [-0.39, 0.29) is 13.2 Å². The molecule has 24 heavy (non-hydrogen) atoms. The van der Waals surface area contributed by atoms with Crippen molar-refractivity contribution in [2.45, 2.75) is 11.1 Å². The minimum atomic E-state index is -4.79. The molecular formula is C13H16ClF3N2O4S. The molecule has 1 rings (SSSR count). The van der Waals surface area contributed by atoms with Crippen molar-refractivity contribution in [3.05, 3.63) is 28.8 Å². The lowest BCUT2D eigenvalue weighted by atomic mass is 10.2. The molecule has 1 amide bonds. The third kappa shape index (κ3) is 5.33. The molecule has 0 heterocycles. The smallest absolute Gasteiger partial charge is 0.383 e. The monoisotopic (exact) mass is 388 g/mol. The lowest BCUT2D eigenvalue weighted by Crippen LogP contribution is -2.39. The minimum Gasteiger partial charge on any atom is -0.383 e. The summed E-state index contributed by atoms with van der Waals surface area (Å²) in [5, 5.41) is 1.80. The summed E-state index contributed by atoms with van der Waals surface area (Å²) in [7, 11) is -1.76.